The SMILES string of the molecule is CCN(CC(=O)NCc1ccc(F)cc1)C(=O)Cc1csc(C)n1. The topological polar surface area (TPSA) is 62.3 Å². The standard InChI is InChI=1S/C17H20FN3O2S/c1-3-21(17(23)8-15-11-24-12(2)20-15)10-16(22)19-9-13-4-6-14(18)7-5-13/h4-7,11H,3,8-10H2,1-2H3,(H,19,22). The summed E-state index contributed by atoms with van der Waals surface area (Å²) < 4.78 is 12.8. The average Bonchev–Trinajstić information content (AvgIpc) is 2.96. The van der Waals surface area contributed by atoms with Crippen LogP contribution < -0.4 is 5.32 Å². The maximum atomic E-state index is 12.8. The van der Waals surface area contributed by atoms with Crippen molar-refractivity contribution in [3.05, 3.63) is 51.7 Å². The van der Waals surface area contributed by atoms with Gasteiger partial charge in [-0.3, -0.25) is 9.59 Å². The second-order valence-electron chi connectivity index (χ2n) is 5.35. The largest absolute Gasteiger partial charge is 0.350 e. The number of aromatic nitrogens is 1. The Morgan fingerprint density at radius 3 is 2.58 bits per heavy atom. The van der Waals surface area contributed by atoms with Crippen molar-refractivity contribution in [2.75, 3.05) is 13.1 Å². The van der Waals surface area contributed by atoms with Gasteiger partial charge in [-0.25, -0.2) is 9.37 Å². The van der Waals surface area contributed by atoms with Crippen molar-refractivity contribution in [1.82, 2.24) is 15.2 Å². The van der Waals surface area contributed by atoms with E-state index in [2.05, 4.69) is 10.3 Å². The molecule has 0 saturated carbocycles. The number of hydrogen-bond donors (Lipinski definition) is 1. The molecule has 0 radical (unpaired) electrons. The van der Waals surface area contributed by atoms with Crippen LogP contribution in [0.3, 0.4) is 0 Å². The van der Waals surface area contributed by atoms with E-state index >= 15 is 0 Å². The van der Waals surface area contributed by atoms with E-state index in [9.17, 15) is 14.0 Å². The number of hydrogen-bond acceptors (Lipinski definition) is 4. The third kappa shape index (κ3) is 5.42. The molecule has 2 rings (SSSR count). The summed E-state index contributed by atoms with van der Waals surface area (Å²) in [6.07, 6.45) is 0.198. The van der Waals surface area contributed by atoms with Gasteiger partial charge in [0.1, 0.15) is 5.82 Å². The first-order chi connectivity index (χ1) is 11.5. The smallest absolute Gasteiger partial charge is 0.239 e. The molecule has 24 heavy (non-hydrogen) atoms. The highest BCUT2D eigenvalue weighted by molar-refractivity contribution is 7.09. The maximum absolute atomic E-state index is 12.8. The van der Waals surface area contributed by atoms with Gasteiger partial charge in [0.25, 0.3) is 0 Å². The van der Waals surface area contributed by atoms with Crippen molar-refractivity contribution in [1.29, 1.82) is 0 Å². The molecule has 2 amide bonds. The van der Waals surface area contributed by atoms with Crippen LogP contribution in [0.1, 0.15) is 23.2 Å². The summed E-state index contributed by atoms with van der Waals surface area (Å²) in [5.74, 6) is -0.686. The highest BCUT2D eigenvalue weighted by atomic mass is 32.1. The summed E-state index contributed by atoms with van der Waals surface area (Å²) in [6.45, 7) is 4.47. The normalized spacial score (nSPS) is 10.5. The van der Waals surface area contributed by atoms with Gasteiger partial charge in [-0.15, -0.1) is 11.3 Å². The number of likely N-dealkylation sites (N-methyl/N-ethyl adjacent to an activating group) is 1. The monoisotopic (exact) mass is 349 g/mol. The van der Waals surface area contributed by atoms with E-state index in [4.69, 9.17) is 0 Å². The van der Waals surface area contributed by atoms with Gasteiger partial charge in [0, 0.05) is 18.5 Å². The van der Waals surface area contributed by atoms with Crippen LogP contribution in [0, 0.1) is 12.7 Å². The molecule has 1 N–H and O–H groups in total. The van der Waals surface area contributed by atoms with Crippen LogP contribution in [0.5, 0.6) is 0 Å². The highest BCUT2D eigenvalue weighted by Gasteiger charge is 2.17. The van der Waals surface area contributed by atoms with Crippen molar-refractivity contribution in [2.45, 2.75) is 26.8 Å². The fourth-order valence-electron chi connectivity index (χ4n) is 2.16. The number of carbonyl (C=O) groups is 2. The zero-order valence-corrected chi connectivity index (χ0v) is 14.5. The Morgan fingerprint density at radius 2 is 2.00 bits per heavy atom. The summed E-state index contributed by atoms with van der Waals surface area (Å²) in [7, 11) is 0. The molecule has 0 aliphatic heterocycles. The summed E-state index contributed by atoms with van der Waals surface area (Å²) in [5.41, 5.74) is 1.53. The van der Waals surface area contributed by atoms with Crippen molar-refractivity contribution in [3.63, 3.8) is 0 Å². The minimum atomic E-state index is -0.315. The molecule has 0 bridgehead atoms. The second-order valence-corrected chi connectivity index (χ2v) is 6.41. The lowest BCUT2D eigenvalue weighted by molar-refractivity contribution is -0.135. The van der Waals surface area contributed by atoms with E-state index in [1.54, 1.807) is 12.1 Å². The third-order valence-electron chi connectivity index (χ3n) is 3.47. The van der Waals surface area contributed by atoms with Crippen LogP contribution in [-0.4, -0.2) is 34.8 Å². The molecule has 1 heterocycles. The van der Waals surface area contributed by atoms with E-state index < -0.39 is 0 Å². The zero-order valence-electron chi connectivity index (χ0n) is 13.7. The summed E-state index contributed by atoms with van der Waals surface area (Å²) in [4.78, 5) is 30.1. The molecule has 7 heteroatoms. The van der Waals surface area contributed by atoms with Crippen LogP contribution in [0.15, 0.2) is 29.6 Å². The van der Waals surface area contributed by atoms with Gasteiger partial charge in [0.05, 0.1) is 23.7 Å². The van der Waals surface area contributed by atoms with Gasteiger partial charge >= 0.3 is 0 Å². The Kier molecular flexibility index (Phi) is 6.43. The molecule has 2 aromatic rings. The first-order valence-corrected chi connectivity index (χ1v) is 8.55. The van der Waals surface area contributed by atoms with Crippen molar-refractivity contribution < 1.29 is 14.0 Å². The summed E-state index contributed by atoms with van der Waals surface area (Å²) >= 11 is 1.50. The Hall–Kier alpha value is -2.28. The number of rotatable bonds is 7. The molecule has 0 unspecified atom stereocenters. The molecule has 0 fully saturated rings. The van der Waals surface area contributed by atoms with Crippen LogP contribution >= 0.6 is 11.3 Å². The van der Waals surface area contributed by atoms with Gasteiger partial charge < -0.3 is 10.2 Å². The molecule has 1 aromatic heterocycles. The number of nitrogens with zero attached hydrogens (tertiary/aromatic N) is 2. The second kappa shape index (κ2) is 8.54. The van der Waals surface area contributed by atoms with E-state index in [0.29, 0.717) is 13.1 Å². The average molecular weight is 349 g/mol. The number of aryl methyl sites for hydroxylation is 1. The van der Waals surface area contributed by atoms with E-state index in [0.717, 1.165) is 16.3 Å². The molecule has 5 nitrogen and oxygen atoms in total. The summed E-state index contributed by atoms with van der Waals surface area (Å²) in [5, 5.41) is 5.51. The lowest BCUT2D eigenvalue weighted by Gasteiger charge is -2.20. The van der Waals surface area contributed by atoms with Crippen LogP contribution in [0.2, 0.25) is 0 Å². The molecule has 0 aliphatic rings. The minimum absolute atomic E-state index is 0.000350. The number of thiazole rings is 1. The van der Waals surface area contributed by atoms with Gasteiger partial charge in [0.15, 0.2) is 0 Å². The lowest BCUT2D eigenvalue weighted by atomic mass is 10.2. The third-order valence-corrected chi connectivity index (χ3v) is 4.29. The molecule has 128 valence electrons. The predicted octanol–water partition coefficient (Wildman–Crippen LogP) is 2.30. The molecule has 1 aromatic carbocycles. The van der Waals surface area contributed by atoms with Crippen LogP contribution in [-0.2, 0) is 22.6 Å². The Labute approximate surface area is 144 Å². The van der Waals surface area contributed by atoms with Gasteiger partial charge in [-0.05, 0) is 31.5 Å². The molecule has 0 saturated heterocycles. The van der Waals surface area contributed by atoms with E-state index in [-0.39, 0.29) is 30.6 Å². The van der Waals surface area contributed by atoms with Gasteiger partial charge in [-0.2, -0.15) is 0 Å². The first-order valence-electron chi connectivity index (χ1n) is 7.68. The molecule has 0 atom stereocenters. The molecule has 0 aliphatic carbocycles. The van der Waals surface area contributed by atoms with Crippen LogP contribution in [0.4, 0.5) is 4.39 Å². The fraction of sp³-hybridized carbons (Fsp3) is 0.353. The van der Waals surface area contributed by atoms with Gasteiger partial charge in [-0.1, -0.05) is 12.1 Å². The Bertz CT molecular complexity index is 700. The molecule has 0 spiro atoms. The van der Waals surface area contributed by atoms with E-state index in [1.165, 1.54) is 28.4 Å². The maximum Gasteiger partial charge on any atom is 0.239 e. The Morgan fingerprint density at radius 1 is 1.29 bits per heavy atom. The Balaban J connectivity index is 1.83. The minimum Gasteiger partial charge on any atom is -0.350 e. The summed E-state index contributed by atoms with van der Waals surface area (Å²) in [6, 6.07) is 5.92. The predicted molar refractivity (Wildman–Crippen MR) is 91.1 cm³/mol. The van der Waals surface area contributed by atoms with Crippen molar-refractivity contribution in [3.8, 4) is 0 Å². The fourth-order valence-corrected chi connectivity index (χ4v) is 2.78. The van der Waals surface area contributed by atoms with Gasteiger partial charge in [0.2, 0.25) is 11.8 Å². The van der Waals surface area contributed by atoms with Crippen LogP contribution in [0.25, 0.3) is 0 Å². The quantitative estimate of drug-likeness (QED) is 0.834. The zero-order chi connectivity index (χ0) is 17.5. The number of nitrogens with one attached hydrogen (secondary N) is 1. The lowest BCUT2D eigenvalue weighted by Crippen LogP contribution is -2.41. The first kappa shape index (κ1) is 18.1. The van der Waals surface area contributed by atoms with Crippen molar-refractivity contribution >= 4 is 23.2 Å². The van der Waals surface area contributed by atoms with Crippen molar-refractivity contribution in [2.24, 2.45) is 0 Å². The molecular formula is C17H20FN3O2S. The highest BCUT2D eigenvalue weighted by Crippen LogP contribution is 2.09. The number of amides is 2. The number of carbonyl (C=O) groups excluding carboxylic acids is 2. The number of halogens is 1. The number of benzene rings is 1. The van der Waals surface area contributed by atoms with E-state index in [1.807, 2.05) is 19.2 Å². The molecular weight excluding hydrogens is 329 g/mol.